The molecule has 0 atom stereocenters. The third-order valence-corrected chi connectivity index (χ3v) is 7.02. The molecule has 1 saturated heterocycles. The Balaban J connectivity index is 1.53. The van der Waals surface area contributed by atoms with Crippen LogP contribution in [0.5, 0.6) is 0 Å². The summed E-state index contributed by atoms with van der Waals surface area (Å²) < 4.78 is 0. The van der Waals surface area contributed by atoms with Crippen molar-refractivity contribution in [2.75, 3.05) is 37.4 Å². The zero-order valence-electron chi connectivity index (χ0n) is 18.6. The fourth-order valence-electron chi connectivity index (χ4n) is 4.11. The van der Waals surface area contributed by atoms with Crippen LogP contribution in [0, 0.1) is 0 Å². The monoisotopic (exact) mass is 520 g/mol. The average Bonchev–Trinajstić information content (AvgIpc) is 3.03. The van der Waals surface area contributed by atoms with Crippen molar-refractivity contribution >= 4 is 63.9 Å². The van der Waals surface area contributed by atoms with Crippen LogP contribution in [0.15, 0.2) is 53.2 Å². The molecule has 4 rings (SSSR count). The van der Waals surface area contributed by atoms with Crippen molar-refractivity contribution < 1.29 is 14.4 Å². The number of carbonyl (C=O) groups excluding carboxylic acids is 3. The van der Waals surface area contributed by atoms with Gasteiger partial charge in [0.25, 0.3) is 17.7 Å². The lowest BCUT2D eigenvalue weighted by Gasteiger charge is -2.35. The molecule has 2 aromatic carbocycles. The second-order valence-electron chi connectivity index (χ2n) is 8.39. The Morgan fingerprint density at radius 2 is 1.74 bits per heavy atom. The number of benzene rings is 2. The molecule has 0 spiro atoms. The van der Waals surface area contributed by atoms with E-state index < -0.39 is 11.8 Å². The highest BCUT2D eigenvalue weighted by atomic mass is 35.5. The summed E-state index contributed by atoms with van der Waals surface area (Å²) in [6.07, 6.45) is 1.83. The van der Waals surface area contributed by atoms with Gasteiger partial charge in [-0.2, -0.15) is 0 Å². The van der Waals surface area contributed by atoms with Gasteiger partial charge in [-0.25, -0.2) is 4.90 Å². The van der Waals surface area contributed by atoms with Crippen LogP contribution < -0.4 is 10.2 Å². The van der Waals surface area contributed by atoms with E-state index in [-0.39, 0.29) is 33.4 Å². The summed E-state index contributed by atoms with van der Waals surface area (Å²) in [6.45, 7) is 1.89. The Hall–Kier alpha value is -2.58. The number of likely N-dealkylation sites (tertiary alicyclic amines) is 1. The molecule has 2 aliphatic heterocycles. The van der Waals surface area contributed by atoms with Gasteiger partial charge >= 0.3 is 0 Å². The molecule has 0 aliphatic carbocycles. The van der Waals surface area contributed by atoms with Crippen LogP contribution in [0.1, 0.15) is 23.2 Å². The van der Waals surface area contributed by atoms with E-state index in [1.54, 1.807) is 35.2 Å². The smallest absolute Gasteiger partial charge is 0.283 e. The summed E-state index contributed by atoms with van der Waals surface area (Å²) in [5.41, 5.74) is 0.962. The van der Waals surface area contributed by atoms with E-state index >= 15 is 0 Å². The fraction of sp³-hybridized carbons (Fsp3) is 0.292. The molecule has 2 aromatic rings. The molecule has 0 saturated carbocycles. The SMILES string of the molecule is CN1CCC(N(C)C(=O)c2cccc(NC3=C(Cl)C(=O)N(c4cc(Cl)ccc4Cl)C3=O)c2)CC1. The Bertz CT molecular complexity index is 1190. The van der Waals surface area contributed by atoms with Crippen LogP contribution in [-0.4, -0.2) is 60.7 Å². The standard InChI is InChI=1S/C24H23Cl3N4O3/c1-29-10-8-17(9-11-29)30(2)22(32)14-4-3-5-16(12-14)28-21-20(27)23(33)31(24(21)34)19-13-15(25)6-7-18(19)26/h3-7,12-13,17,28H,8-11H2,1-2H3. The first-order chi connectivity index (χ1) is 16.2. The minimum Gasteiger partial charge on any atom is -0.350 e. The molecule has 2 heterocycles. The van der Waals surface area contributed by atoms with Crippen molar-refractivity contribution in [2.45, 2.75) is 18.9 Å². The molecule has 7 nitrogen and oxygen atoms in total. The lowest BCUT2D eigenvalue weighted by molar-refractivity contribution is -0.120. The highest BCUT2D eigenvalue weighted by Crippen LogP contribution is 2.36. The van der Waals surface area contributed by atoms with E-state index in [9.17, 15) is 14.4 Å². The molecule has 34 heavy (non-hydrogen) atoms. The molecule has 2 aliphatic rings. The first-order valence-electron chi connectivity index (χ1n) is 10.7. The summed E-state index contributed by atoms with van der Waals surface area (Å²) in [5, 5.41) is 3.13. The number of hydrogen-bond donors (Lipinski definition) is 1. The number of nitrogens with zero attached hydrogens (tertiary/aromatic N) is 3. The third-order valence-electron chi connectivity index (χ3n) is 6.11. The number of anilines is 2. The zero-order valence-corrected chi connectivity index (χ0v) is 20.9. The van der Waals surface area contributed by atoms with Crippen molar-refractivity contribution in [2.24, 2.45) is 0 Å². The van der Waals surface area contributed by atoms with Crippen molar-refractivity contribution in [3.8, 4) is 0 Å². The van der Waals surface area contributed by atoms with E-state index in [4.69, 9.17) is 34.8 Å². The predicted octanol–water partition coefficient (Wildman–Crippen LogP) is 4.60. The van der Waals surface area contributed by atoms with E-state index in [0.717, 1.165) is 30.8 Å². The predicted molar refractivity (Wildman–Crippen MR) is 135 cm³/mol. The van der Waals surface area contributed by atoms with Gasteiger partial charge in [0.1, 0.15) is 10.7 Å². The second-order valence-corrected chi connectivity index (χ2v) is 9.61. The Morgan fingerprint density at radius 1 is 1.03 bits per heavy atom. The number of hydrogen-bond acceptors (Lipinski definition) is 5. The maximum absolute atomic E-state index is 13.1. The molecule has 10 heteroatoms. The molecular weight excluding hydrogens is 499 g/mol. The number of piperidine rings is 1. The highest BCUT2D eigenvalue weighted by Gasteiger charge is 2.40. The van der Waals surface area contributed by atoms with Gasteiger partial charge < -0.3 is 15.1 Å². The number of carbonyl (C=O) groups is 3. The summed E-state index contributed by atoms with van der Waals surface area (Å²) in [6, 6.07) is 11.4. The molecule has 0 aromatic heterocycles. The molecule has 3 amide bonds. The van der Waals surface area contributed by atoms with E-state index in [0.29, 0.717) is 16.3 Å². The van der Waals surface area contributed by atoms with Gasteiger partial charge in [0, 0.05) is 29.4 Å². The zero-order chi connectivity index (χ0) is 24.6. The Labute approximate surface area is 212 Å². The van der Waals surface area contributed by atoms with Crippen molar-refractivity contribution in [3.05, 3.63) is 68.8 Å². The van der Waals surface area contributed by atoms with Crippen molar-refractivity contribution in [1.29, 1.82) is 0 Å². The molecule has 0 unspecified atom stereocenters. The van der Waals surface area contributed by atoms with E-state index in [1.807, 2.05) is 7.05 Å². The normalized spacial score (nSPS) is 17.5. The number of nitrogens with one attached hydrogen (secondary N) is 1. The first-order valence-corrected chi connectivity index (χ1v) is 11.9. The molecule has 1 N–H and O–H groups in total. The van der Waals surface area contributed by atoms with Crippen molar-refractivity contribution in [1.82, 2.24) is 9.80 Å². The maximum Gasteiger partial charge on any atom is 0.283 e. The van der Waals surface area contributed by atoms with Crippen LogP contribution in [0.3, 0.4) is 0 Å². The van der Waals surface area contributed by atoms with Gasteiger partial charge in [-0.1, -0.05) is 40.9 Å². The van der Waals surface area contributed by atoms with Gasteiger partial charge in [-0.05, 0) is 69.4 Å². The van der Waals surface area contributed by atoms with E-state index in [2.05, 4.69) is 17.3 Å². The number of halogens is 3. The van der Waals surface area contributed by atoms with Crippen LogP contribution >= 0.6 is 34.8 Å². The van der Waals surface area contributed by atoms with Gasteiger partial charge in [0.2, 0.25) is 0 Å². The summed E-state index contributed by atoms with van der Waals surface area (Å²) >= 11 is 18.4. The average molecular weight is 522 g/mol. The lowest BCUT2D eigenvalue weighted by Crippen LogP contribution is -2.44. The molecule has 178 valence electrons. The highest BCUT2D eigenvalue weighted by molar-refractivity contribution is 6.54. The van der Waals surface area contributed by atoms with Crippen LogP contribution in [0.25, 0.3) is 0 Å². The minimum atomic E-state index is -0.715. The first kappa shape index (κ1) is 24.5. The topological polar surface area (TPSA) is 73.0 Å². The molecule has 0 bridgehead atoms. The van der Waals surface area contributed by atoms with Gasteiger partial charge in [0.05, 0.1) is 10.7 Å². The quantitative estimate of drug-likeness (QED) is 0.583. The van der Waals surface area contributed by atoms with Crippen molar-refractivity contribution in [3.63, 3.8) is 0 Å². The fourth-order valence-corrected chi connectivity index (χ4v) is 4.69. The Morgan fingerprint density at radius 3 is 2.44 bits per heavy atom. The third kappa shape index (κ3) is 4.79. The van der Waals surface area contributed by atoms with E-state index in [1.165, 1.54) is 12.1 Å². The van der Waals surface area contributed by atoms with Gasteiger partial charge in [-0.15, -0.1) is 0 Å². The second kappa shape index (κ2) is 9.96. The molecule has 0 radical (unpaired) electrons. The van der Waals surface area contributed by atoms with Crippen LogP contribution in [0.4, 0.5) is 11.4 Å². The van der Waals surface area contributed by atoms with Crippen LogP contribution in [0.2, 0.25) is 10.0 Å². The summed E-state index contributed by atoms with van der Waals surface area (Å²) in [5.74, 6) is -1.49. The molecule has 1 fully saturated rings. The number of imide groups is 1. The maximum atomic E-state index is 13.1. The van der Waals surface area contributed by atoms with Crippen LogP contribution in [-0.2, 0) is 9.59 Å². The lowest BCUT2D eigenvalue weighted by atomic mass is 10.0. The number of rotatable bonds is 5. The summed E-state index contributed by atoms with van der Waals surface area (Å²) in [7, 11) is 3.88. The van der Waals surface area contributed by atoms with Gasteiger partial charge in [-0.3, -0.25) is 14.4 Å². The number of amides is 3. The largest absolute Gasteiger partial charge is 0.350 e. The van der Waals surface area contributed by atoms with Gasteiger partial charge in [0.15, 0.2) is 0 Å². The summed E-state index contributed by atoms with van der Waals surface area (Å²) in [4.78, 5) is 43.8. The molecular formula is C24H23Cl3N4O3. The minimum absolute atomic E-state index is 0.101. The Kier molecular flexibility index (Phi) is 7.19.